The number of rotatable bonds is 4. The van der Waals surface area contributed by atoms with Crippen LogP contribution in [0, 0.1) is 11.3 Å². The fourth-order valence-corrected chi connectivity index (χ4v) is 2.78. The fourth-order valence-electron chi connectivity index (χ4n) is 2.78. The van der Waals surface area contributed by atoms with E-state index in [1.165, 1.54) is 0 Å². The first-order valence-electron chi connectivity index (χ1n) is 6.95. The Hall–Kier alpha value is -2.67. The molecular weight excluding hydrogens is 264 g/mol. The summed E-state index contributed by atoms with van der Waals surface area (Å²) in [5, 5.41) is 21.9. The van der Waals surface area contributed by atoms with Gasteiger partial charge < -0.3 is 15.2 Å². The number of aromatic hydroxyl groups is 1. The Bertz CT molecular complexity index is 691. The van der Waals surface area contributed by atoms with Crippen molar-refractivity contribution in [3.8, 4) is 17.6 Å². The lowest BCUT2D eigenvalue weighted by atomic mass is 10.1. The lowest BCUT2D eigenvalue weighted by Gasteiger charge is -2.16. The van der Waals surface area contributed by atoms with Crippen molar-refractivity contribution in [3.05, 3.63) is 53.6 Å². The molecule has 2 aromatic carbocycles. The minimum Gasteiger partial charge on any atom is -0.508 e. The molecule has 1 unspecified atom stereocenters. The number of ether oxygens (including phenoxy) is 1. The molecule has 106 valence electrons. The molecule has 0 saturated carbocycles. The van der Waals surface area contributed by atoms with Gasteiger partial charge in [-0.1, -0.05) is 18.2 Å². The first-order valence-corrected chi connectivity index (χ1v) is 6.95. The van der Waals surface area contributed by atoms with Crippen molar-refractivity contribution in [1.82, 2.24) is 0 Å². The van der Waals surface area contributed by atoms with E-state index in [-0.39, 0.29) is 12.6 Å². The zero-order valence-electron chi connectivity index (χ0n) is 11.5. The van der Waals surface area contributed by atoms with Crippen molar-refractivity contribution in [2.75, 3.05) is 11.9 Å². The van der Waals surface area contributed by atoms with Gasteiger partial charge in [0, 0.05) is 11.8 Å². The van der Waals surface area contributed by atoms with Crippen LogP contribution in [0.3, 0.4) is 0 Å². The second kappa shape index (κ2) is 5.76. The molecule has 0 amide bonds. The monoisotopic (exact) mass is 280 g/mol. The highest BCUT2D eigenvalue weighted by Gasteiger charge is 2.24. The maximum Gasteiger partial charge on any atom is 0.174 e. The number of hydrogen-bond donors (Lipinski definition) is 2. The van der Waals surface area contributed by atoms with E-state index < -0.39 is 0 Å². The molecule has 1 atom stereocenters. The fraction of sp³-hybridized carbons (Fsp3) is 0.235. The number of hydrogen-bond acceptors (Lipinski definition) is 4. The molecular formula is C17H16N2O2. The number of nitrogens with zero attached hydrogens (tertiary/aromatic N) is 1. The van der Waals surface area contributed by atoms with E-state index in [9.17, 15) is 5.11 Å². The summed E-state index contributed by atoms with van der Waals surface area (Å²) in [5.74, 6) is 1.05. The average molecular weight is 280 g/mol. The molecule has 2 N–H and O–H groups in total. The average Bonchev–Trinajstić information content (AvgIpc) is 2.90. The Morgan fingerprint density at radius 3 is 3.00 bits per heavy atom. The van der Waals surface area contributed by atoms with Crippen molar-refractivity contribution in [3.63, 3.8) is 0 Å². The smallest absolute Gasteiger partial charge is 0.174 e. The van der Waals surface area contributed by atoms with Crippen LogP contribution >= 0.6 is 0 Å². The van der Waals surface area contributed by atoms with Crippen LogP contribution in [0.5, 0.6) is 11.5 Å². The maximum absolute atomic E-state index is 9.88. The molecule has 4 heteroatoms. The Kier molecular flexibility index (Phi) is 3.65. The lowest BCUT2D eigenvalue weighted by molar-refractivity contribution is 0.368. The van der Waals surface area contributed by atoms with Gasteiger partial charge in [-0.3, -0.25) is 0 Å². The van der Waals surface area contributed by atoms with E-state index in [4.69, 9.17) is 10.00 Å². The Labute approximate surface area is 123 Å². The predicted octanol–water partition coefficient (Wildman–Crippen LogP) is 3.39. The zero-order chi connectivity index (χ0) is 14.7. The third-order valence-electron chi connectivity index (χ3n) is 3.72. The second-order valence-electron chi connectivity index (χ2n) is 5.06. The Morgan fingerprint density at radius 2 is 2.14 bits per heavy atom. The largest absolute Gasteiger partial charge is 0.508 e. The summed E-state index contributed by atoms with van der Waals surface area (Å²) in [4.78, 5) is 0. The van der Waals surface area contributed by atoms with Crippen LogP contribution in [0.1, 0.15) is 23.6 Å². The molecule has 0 saturated heterocycles. The highest BCUT2D eigenvalue weighted by molar-refractivity contribution is 5.53. The lowest BCUT2D eigenvalue weighted by Crippen LogP contribution is -2.07. The molecule has 0 spiro atoms. The summed E-state index contributed by atoms with van der Waals surface area (Å²) in [5.41, 5.74) is 3.14. The molecule has 0 aliphatic heterocycles. The summed E-state index contributed by atoms with van der Waals surface area (Å²) in [6, 6.07) is 15.4. The molecule has 0 radical (unpaired) electrons. The van der Waals surface area contributed by atoms with Gasteiger partial charge >= 0.3 is 0 Å². The highest BCUT2D eigenvalue weighted by Crippen LogP contribution is 2.38. The molecule has 21 heavy (non-hydrogen) atoms. The normalized spacial score (nSPS) is 16.0. The Morgan fingerprint density at radius 1 is 1.29 bits per heavy atom. The van der Waals surface area contributed by atoms with E-state index >= 15 is 0 Å². The van der Waals surface area contributed by atoms with Gasteiger partial charge in [0.15, 0.2) is 6.61 Å². The molecule has 1 aliphatic rings. The molecule has 3 rings (SSSR count). The third kappa shape index (κ3) is 2.77. The molecule has 0 bridgehead atoms. The van der Waals surface area contributed by atoms with Gasteiger partial charge in [0.05, 0.1) is 6.04 Å². The van der Waals surface area contributed by atoms with E-state index in [1.807, 2.05) is 36.4 Å². The van der Waals surface area contributed by atoms with Gasteiger partial charge in [0.1, 0.15) is 17.6 Å². The number of fused-ring (bicyclic) bond motifs is 1. The SMILES string of the molecule is N#CCOc1cccc(NC2CCc3c(O)cccc32)c1. The van der Waals surface area contributed by atoms with Crippen molar-refractivity contribution in [1.29, 1.82) is 5.26 Å². The van der Waals surface area contributed by atoms with E-state index in [1.54, 1.807) is 6.07 Å². The number of phenolic OH excluding ortho intramolecular Hbond substituents is 1. The zero-order valence-corrected chi connectivity index (χ0v) is 11.5. The third-order valence-corrected chi connectivity index (χ3v) is 3.72. The van der Waals surface area contributed by atoms with Crippen molar-refractivity contribution < 1.29 is 9.84 Å². The minimum absolute atomic E-state index is 0.0452. The van der Waals surface area contributed by atoms with Gasteiger partial charge in [-0.25, -0.2) is 0 Å². The number of anilines is 1. The molecule has 0 aromatic heterocycles. The van der Waals surface area contributed by atoms with Crippen LogP contribution < -0.4 is 10.1 Å². The van der Waals surface area contributed by atoms with Crippen molar-refractivity contribution >= 4 is 5.69 Å². The predicted molar refractivity (Wildman–Crippen MR) is 80.3 cm³/mol. The highest BCUT2D eigenvalue weighted by atomic mass is 16.5. The molecule has 0 heterocycles. The van der Waals surface area contributed by atoms with Gasteiger partial charge in [0.2, 0.25) is 0 Å². The van der Waals surface area contributed by atoms with Crippen LogP contribution in [-0.2, 0) is 6.42 Å². The summed E-state index contributed by atoms with van der Waals surface area (Å²) in [6.45, 7) is 0.0452. The van der Waals surface area contributed by atoms with E-state index in [0.717, 1.165) is 29.7 Å². The van der Waals surface area contributed by atoms with Gasteiger partial charge in [-0.2, -0.15) is 5.26 Å². The summed E-state index contributed by atoms with van der Waals surface area (Å²) in [6.07, 6.45) is 1.83. The van der Waals surface area contributed by atoms with Crippen molar-refractivity contribution in [2.24, 2.45) is 0 Å². The molecule has 2 aromatic rings. The summed E-state index contributed by atoms with van der Waals surface area (Å²) < 4.78 is 5.31. The first kappa shape index (κ1) is 13.3. The number of phenols is 1. The summed E-state index contributed by atoms with van der Waals surface area (Å²) in [7, 11) is 0. The topological polar surface area (TPSA) is 65.3 Å². The van der Waals surface area contributed by atoms with Crippen LogP contribution in [0.2, 0.25) is 0 Å². The molecule has 4 nitrogen and oxygen atoms in total. The van der Waals surface area contributed by atoms with E-state index in [2.05, 4.69) is 11.4 Å². The maximum atomic E-state index is 9.88. The van der Waals surface area contributed by atoms with Crippen LogP contribution in [-0.4, -0.2) is 11.7 Å². The first-order chi connectivity index (χ1) is 10.3. The number of nitriles is 1. The van der Waals surface area contributed by atoms with Crippen LogP contribution in [0.15, 0.2) is 42.5 Å². The van der Waals surface area contributed by atoms with Gasteiger partial charge in [-0.15, -0.1) is 0 Å². The van der Waals surface area contributed by atoms with E-state index in [0.29, 0.717) is 11.5 Å². The standard InChI is InChI=1S/C17H16N2O2/c18-9-10-21-13-4-1-3-12(11-13)19-16-8-7-15-14(16)5-2-6-17(15)20/h1-6,11,16,19-20H,7-8,10H2. The number of nitrogens with one attached hydrogen (secondary N) is 1. The van der Waals surface area contributed by atoms with Crippen LogP contribution in [0.4, 0.5) is 5.69 Å². The van der Waals surface area contributed by atoms with Gasteiger partial charge in [-0.05, 0) is 42.2 Å². The van der Waals surface area contributed by atoms with Gasteiger partial charge in [0.25, 0.3) is 0 Å². The second-order valence-corrected chi connectivity index (χ2v) is 5.06. The quantitative estimate of drug-likeness (QED) is 0.901. The molecule has 0 fully saturated rings. The van der Waals surface area contributed by atoms with Crippen molar-refractivity contribution in [2.45, 2.75) is 18.9 Å². The Balaban J connectivity index is 1.77. The number of benzene rings is 2. The minimum atomic E-state index is 0.0452. The molecule has 1 aliphatic carbocycles. The van der Waals surface area contributed by atoms with Crippen LogP contribution in [0.25, 0.3) is 0 Å². The summed E-state index contributed by atoms with van der Waals surface area (Å²) >= 11 is 0.